The number of methoxy groups -OCH3 is 1. The summed E-state index contributed by atoms with van der Waals surface area (Å²) >= 11 is 0. The lowest BCUT2D eigenvalue weighted by atomic mass is 9.94. The Morgan fingerprint density at radius 1 is 1.15 bits per heavy atom. The largest absolute Gasteiger partial charge is 0.508 e. The van der Waals surface area contributed by atoms with Gasteiger partial charge in [0.2, 0.25) is 5.78 Å². The zero-order valence-electron chi connectivity index (χ0n) is 16.7. The summed E-state index contributed by atoms with van der Waals surface area (Å²) in [6.07, 6.45) is 0. The first-order valence-electron chi connectivity index (χ1n) is 9.07. The number of fused-ring (bicyclic) bond motifs is 1. The Balaban J connectivity index is 2.07. The lowest BCUT2D eigenvalue weighted by molar-refractivity contribution is -0.384. The van der Waals surface area contributed by atoms with Crippen LogP contribution >= 0.6 is 0 Å². The highest BCUT2D eigenvalue weighted by Crippen LogP contribution is 2.21. The average Bonchev–Trinajstić information content (AvgIpc) is 2.78. The van der Waals surface area contributed by atoms with Crippen LogP contribution in [-0.4, -0.2) is 50.6 Å². The van der Waals surface area contributed by atoms with E-state index in [4.69, 9.17) is 0 Å². The van der Waals surface area contributed by atoms with Crippen LogP contribution < -0.4 is 10.9 Å². The van der Waals surface area contributed by atoms with Gasteiger partial charge in [0.25, 0.3) is 22.9 Å². The molecule has 13 nitrogen and oxygen atoms in total. The fraction of sp³-hybridized carbons (Fsp3) is 0.100. The summed E-state index contributed by atoms with van der Waals surface area (Å²) in [5.74, 6) is -8.35. The van der Waals surface area contributed by atoms with E-state index in [2.05, 4.69) is 20.0 Å². The van der Waals surface area contributed by atoms with Gasteiger partial charge in [-0.2, -0.15) is 0 Å². The minimum absolute atomic E-state index is 0.00491. The quantitative estimate of drug-likeness (QED) is 0.149. The van der Waals surface area contributed by atoms with E-state index in [1.54, 1.807) is 0 Å². The number of aromatic nitrogens is 2. The molecular weight excluding hydrogens is 440 g/mol. The normalized spacial score (nSPS) is 11.4. The van der Waals surface area contributed by atoms with Gasteiger partial charge in [0.1, 0.15) is 17.4 Å². The zero-order chi connectivity index (χ0) is 24.3. The van der Waals surface area contributed by atoms with Crippen molar-refractivity contribution in [2.75, 3.05) is 12.4 Å². The van der Waals surface area contributed by atoms with Gasteiger partial charge >= 0.3 is 5.97 Å². The van der Waals surface area contributed by atoms with Crippen LogP contribution in [0.15, 0.2) is 47.3 Å². The molecule has 3 N–H and O–H groups in total. The van der Waals surface area contributed by atoms with Gasteiger partial charge in [-0.15, -0.1) is 0 Å². The standard InChI is InChI=1S/C20H14N4O9/c1-33-20(30)17(27)14(16(26)19(29)21-9-3-2-4-11(25)7-9)15-18(28)23-13-8-10(24(31)32)5-6-12(13)22-15/h2-8,14,25H,1H3,(H,21,29)(H,23,28)/t14-/m0/s1. The molecule has 0 aliphatic heterocycles. The number of ketones is 2. The molecule has 0 fully saturated rings. The van der Waals surface area contributed by atoms with Crippen LogP contribution in [0.3, 0.4) is 0 Å². The Morgan fingerprint density at radius 2 is 1.88 bits per heavy atom. The van der Waals surface area contributed by atoms with Gasteiger partial charge in [0, 0.05) is 23.9 Å². The maximum Gasteiger partial charge on any atom is 0.375 e. The lowest BCUT2D eigenvalue weighted by Crippen LogP contribution is -2.39. The van der Waals surface area contributed by atoms with Crippen LogP contribution in [0.5, 0.6) is 5.75 Å². The van der Waals surface area contributed by atoms with Crippen molar-refractivity contribution in [2.24, 2.45) is 0 Å². The van der Waals surface area contributed by atoms with Gasteiger partial charge in [-0.3, -0.25) is 29.3 Å². The van der Waals surface area contributed by atoms with Crippen LogP contribution in [0.2, 0.25) is 0 Å². The van der Waals surface area contributed by atoms with E-state index < -0.39 is 45.5 Å². The number of nitro benzene ring substituents is 1. The van der Waals surface area contributed by atoms with E-state index in [9.17, 15) is 39.2 Å². The zero-order valence-corrected chi connectivity index (χ0v) is 16.7. The van der Waals surface area contributed by atoms with E-state index in [0.29, 0.717) is 0 Å². The van der Waals surface area contributed by atoms with E-state index in [1.165, 1.54) is 18.2 Å². The molecule has 0 spiro atoms. The van der Waals surface area contributed by atoms with Gasteiger partial charge < -0.3 is 20.1 Å². The third-order valence-electron chi connectivity index (χ3n) is 4.42. The summed E-state index contributed by atoms with van der Waals surface area (Å²) in [5, 5.41) is 22.6. The Hall–Kier alpha value is -4.94. The maximum atomic E-state index is 12.8. The maximum absolute atomic E-state index is 12.8. The predicted octanol–water partition coefficient (Wildman–Crippen LogP) is 0.570. The Labute approximate surface area is 183 Å². The number of nitrogens with one attached hydrogen (secondary N) is 2. The number of hydrogen-bond donors (Lipinski definition) is 3. The summed E-state index contributed by atoms with van der Waals surface area (Å²) in [6.45, 7) is 0. The second kappa shape index (κ2) is 9.05. The second-order valence-corrected chi connectivity index (χ2v) is 6.57. The van der Waals surface area contributed by atoms with Gasteiger partial charge in [-0.05, 0) is 18.2 Å². The number of H-pyrrole nitrogens is 1. The van der Waals surface area contributed by atoms with Crippen molar-refractivity contribution in [3.63, 3.8) is 0 Å². The van der Waals surface area contributed by atoms with Gasteiger partial charge in [0.15, 0.2) is 0 Å². The number of aromatic amines is 1. The number of rotatable bonds is 7. The number of aromatic hydroxyl groups is 1. The van der Waals surface area contributed by atoms with E-state index >= 15 is 0 Å². The van der Waals surface area contributed by atoms with Crippen LogP contribution in [-0.2, 0) is 23.9 Å². The molecule has 0 bridgehead atoms. The molecule has 3 rings (SSSR count). The van der Waals surface area contributed by atoms with Crippen molar-refractivity contribution in [1.29, 1.82) is 0 Å². The Kier molecular flexibility index (Phi) is 6.24. The van der Waals surface area contributed by atoms with Crippen LogP contribution in [0, 0.1) is 10.1 Å². The summed E-state index contributed by atoms with van der Waals surface area (Å²) in [6, 6.07) is 8.40. The SMILES string of the molecule is COC(=O)C(=O)[C@H](C(=O)C(=O)Nc1cccc(O)c1)c1nc2ccc([N+](=O)[O-])cc2[nH]c1=O. The Morgan fingerprint density at radius 3 is 2.52 bits per heavy atom. The van der Waals surface area contributed by atoms with Crippen molar-refractivity contribution in [1.82, 2.24) is 9.97 Å². The molecule has 1 heterocycles. The number of benzene rings is 2. The smallest absolute Gasteiger partial charge is 0.375 e. The van der Waals surface area contributed by atoms with Crippen molar-refractivity contribution < 1.29 is 33.9 Å². The third kappa shape index (κ3) is 4.71. The van der Waals surface area contributed by atoms with Crippen LogP contribution in [0.4, 0.5) is 11.4 Å². The number of phenolic OH excluding ortho intramolecular Hbond substituents is 1. The lowest BCUT2D eigenvalue weighted by Gasteiger charge is -2.13. The number of carbonyl (C=O) groups is 4. The number of amides is 1. The first-order valence-corrected chi connectivity index (χ1v) is 9.07. The number of non-ortho nitro benzene ring substituents is 1. The molecule has 168 valence electrons. The van der Waals surface area contributed by atoms with Gasteiger partial charge in [-0.25, -0.2) is 9.78 Å². The molecular formula is C20H14N4O9. The fourth-order valence-corrected chi connectivity index (χ4v) is 2.89. The van der Waals surface area contributed by atoms with Crippen molar-refractivity contribution >= 4 is 45.9 Å². The monoisotopic (exact) mass is 454 g/mol. The molecule has 3 aromatic rings. The minimum Gasteiger partial charge on any atom is -0.508 e. The second-order valence-electron chi connectivity index (χ2n) is 6.57. The number of esters is 1. The number of Topliss-reactive ketones (excluding diaryl/α,β-unsaturated/α-hetero) is 2. The molecule has 0 saturated heterocycles. The highest BCUT2D eigenvalue weighted by molar-refractivity contribution is 6.52. The first-order chi connectivity index (χ1) is 15.6. The Bertz CT molecular complexity index is 1380. The molecule has 2 aromatic carbocycles. The van der Waals surface area contributed by atoms with Crippen LogP contribution in [0.25, 0.3) is 11.0 Å². The fourth-order valence-electron chi connectivity index (χ4n) is 2.89. The number of phenols is 1. The topological polar surface area (TPSA) is 199 Å². The first kappa shape index (κ1) is 22.7. The van der Waals surface area contributed by atoms with E-state index in [0.717, 1.165) is 31.4 Å². The molecule has 0 aliphatic rings. The highest BCUT2D eigenvalue weighted by Gasteiger charge is 2.40. The molecule has 33 heavy (non-hydrogen) atoms. The molecule has 0 radical (unpaired) electrons. The number of nitrogens with zero attached hydrogens (tertiary/aromatic N) is 2. The highest BCUT2D eigenvalue weighted by atomic mass is 16.6. The number of anilines is 1. The average molecular weight is 454 g/mol. The molecule has 0 unspecified atom stereocenters. The summed E-state index contributed by atoms with van der Waals surface area (Å²) in [5.41, 5.74) is -2.36. The number of nitro groups is 1. The van der Waals surface area contributed by atoms with Crippen molar-refractivity contribution in [3.8, 4) is 5.75 Å². The molecule has 0 saturated carbocycles. The molecule has 0 aliphatic carbocycles. The third-order valence-corrected chi connectivity index (χ3v) is 4.42. The minimum atomic E-state index is -2.25. The van der Waals surface area contributed by atoms with Crippen molar-refractivity contribution in [2.45, 2.75) is 5.92 Å². The van der Waals surface area contributed by atoms with E-state index in [-0.39, 0.29) is 28.2 Å². The summed E-state index contributed by atoms with van der Waals surface area (Å²) < 4.78 is 4.33. The number of hydrogen-bond acceptors (Lipinski definition) is 10. The molecule has 13 heteroatoms. The predicted molar refractivity (Wildman–Crippen MR) is 111 cm³/mol. The van der Waals surface area contributed by atoms with Crippen molar-refractivity contribution in [3.05, 3.63) is 68.6 Å². The molecule has 1 atom stereocenters. The summed E-state index contributed by atoms with van der Waals surface area (Å²) in [4.78, 5) is 78.7. The van der Waals surface area contributed by atoms with Gasteiger partial charge in [0.05, 0.1) is 23.1 Å². The molecule has 1 aromatic heterocycles. The van der Waals surface area contributed by atoms with E-state index in [1.807, 2.05) is 0 Å². The molecule has 1 amide bonds. The summed E-state index contributed by atoms with van der Waals surface area (Å²) in [7, 11) is 0.867. The number of carbonyl (C=O) groups excluding carboxylic acids is 4. The number of ether oxygens (including phenoxy) is 1. The van der Waals surface area contributed by atoms with Gasteiger partial charge in [-0.1, -0.05) is 6.07 Å². The van der Waals surface area contributed by atoms with Crippen LogP contribution in [0.1, 0.15) is 11.6 Å².